The molecule has 140 valence electrons. The molecule has 0 spiro atoms. The summed E-state index contributed by atoms with van der Waals surface area (Å²) in [6.45, 7) is 0.442. The lowest BCUT2D eigenvalue weighted by Gasteiger charge is -2.20. The first-order valence-electron chi connectivity index (χ1n) is 8.70. The molecule has 0 atom stereocenters. The van der Waals surface area contributed by atoms with Gasteiger partial charge in [0, 0.05) is 10.5 Å². The fourth-order valence-corrected chi connectivity index (χ4v) is 4.31. The van der Waals surface area contributed by atoms with Gasteiger partial charge in [-0.1, -0.05) is 53.8 Å². The fraction of sp³-hybridized carbons (Fsp3) is 0.0909. The SMILES string of the molecule is COc1ccc2sc(N(Cc3ccccc3)C(=O)c3ccccc3Br)nc2c1. The molecule has 0 unspecified atom stereocenters. The largest absolute Gasteiger partial charge is 0.497 e. The van der Waals surface area contributed by atoms with Crippen LogP contribution < -0.4 is 9.64 Å². The van der Waals surface area contributed by atoms with Crippen molar-refractivity contribution in [3.8, 4) is 5.75 Å². The van der Waals surface area contributed by atoms with E-state index in [-0.39, 0.29) is 5.91 Å². The lowest BCUT2D eigenvalue weighted by molar-refractivity contribution is 0.0984. The second-order valence-corrected chi connectivity index (χ2v) is 8.05. The van der Waals surface area contributed by atoms with Crippen LogP contribution in [0.2, 0.25) is 0 Å². The number of methoxy groups -OCH3 is 1. The van der Waals surface area contributed by atoms with Gasteiger partial charge < -0.3 is 4.74 Å². The number of aromatic nitrogens is 1. The Balaban J connectivity index is 1.78. The molecule has 3 aromatic carbocycles. The van der Waals surface area contributed by atoms with Gasteiger partial charge in [-0.25, -0.2) is 4.98 Å². The number of amides is 1. The predicted molar refractivity (Wildman–Crippen MR) is 117 cm³/mol. The second kappa shape index (κ2) is 8.12. The lowest BCUT2D eigenvalue weighted by atomic mass is 10.1. The van der Waals surface area contributed by atoms with Crippen molar-refractivity contribution in [1.29, 1.82) is 0 Å². The summed E-state index contributed by atoms with van der Waals surface area (Å²) in [6.07, 6.45) is 0. The number of benzene rings is 3. The zero-order valence-electron chi connectivity index (χ0n) is 15.1. The number of halogens is 1. The van der Waals surface area contributed by atoms with E-state index in [0.29, 0.717) is 17.2 Å². The molecule has 0 N–H and O–H groups in total. The smallest absolute Gasteiger partial charge is 0.261 e. The van der Waals surface area contributed by atoms with Gasteiger partial charge in [0.15, 0.2) is 5.13 Å². The minimum atomic E-state index is -0.0950. The molecule has 0 radical (unpaired) electrons. The lowest BCUT2D eigenvalue weighted by Crippen LogP contribution is -2.30. The number of carbonyl (C=O) groups is 1. The molecule has 1 heterocycles. The summed E-state index contributed by atoms with van der Waals surface area (Å²) in [6, 6.07) is 23.1. The zero-order valence-corrected chi connectivity index (χ0v) is 17.5. The first-order valence-corrected chi connectivity index (χ1v) is 10.3. The van der Waals surface area contributed by atoms with Crippen molar-refractivity contribution in [2.45, 2.75) is 6.54 Å². The molecule has 6 heteroatoms. The third kappa shape index (κ3) is 3.79. The number of fused-ring (bicyclic) bond motifs is 1. The highest BCUT2D eigenvalue weighted by atomic mass is 79.9. The van der Waals surface area contributed by atoms with Crippen molar-refractivity contribution in [3.05, 3.63) is 88.4 Å². The van der Waals surface area contributed by atoms with Crippen LogP contribution >= 0.6 is 27.3 Å². The van der Waals surface area contributed by atoms with Crippen LogP contribution in [0, 0.1) is 0 Å². The maximum Gasteiger partial charge on any atom is 0.261 e. The van der Waals surface area contributed by atoms with Gasteiger partial charge in [-0.2, -0.15) is 0 Å². The number of anilines is 1. The van der Waals surface area contributed by atoms with E-state index >= 15 is 0 Å². The number of rotatable bonds is 5. The summed E-state index contributed by atoms with van der Waals surface area (Å²) in [5.41, 5.74) is 2.47. The molecule has 4 nitrogen and oxygen atoms in total. The number of thiazole rings is 1. The average molecular weight is 453 g/mol. The average Bonchev–Trinajstić information content (AvgIpc) is 3.15. The summed E-state index contributed by atoms with van der Waals surface area (Å²) >= 11 is 4.99. The molecule has 0 aliphatic carbocycles. The first kappa shape index (κ1) is 18.7. The first-order chi connectivity index (χ1) is 13.7. The van der Waals surface area contributed by atoms with Crippen LogP contribution in [0.15, 0.2) is 77.3 Å². The van der Waals surface area contributed by atoms with Crippen LogP contribution in [0.5, 0.6) is 5.75 Å². The van der Waals surface area contributed by atoms with Crippen LogP contribution in [0.4, 0.5) is 5.13 Å². The van der Waals surface area contributed by atoms with Crippen molar-refractivity contribution in [2.75, 3.05) is 12.0 Å². The molecule has 0 fully saturated rings. The van der Waals surface area contributed by atoms with Gasteiger partial charge in [-0.15, -0.1) is 0 Å². The van der Waals surface area contributed by atoms with Crippen molar-refractivity contribution >= 4 is 48.5 Å². The number of hydrogen-bond acceptors (Lipinski definition) is 4. The molecule has 0 bridgehead atoms. The molecule has 0 aliphatic rings. The third-order valence-electron chi connectivity index (χ3n) is 4.35. The Bertz CT molecular complexity index is 1130. The van der Waals surface area contributed by atoms with Crippen molar-refractivity contribution in [1.82, 2.24) is 4.98 Å². The van der Waals surface area contributed by atoms with E-state index in [0.717, 1.165) is 26.0 Å². The van der Waals surface area contributed by atoms with E-state index in [4.69, 9.17) is 9.72 Å². The molecular formula is C22H17BrN2O2S. The standard InChI is InChI=1S/C22H17BrN2O2S/c1-27-16-11-12-20-19(13-16)24-22(28-20)25(14-15-7-3-2-4-8-15)21(26)17-9-5-6-10-18(17)23/h2-13H,14H2,1H3. The zero-order chi connectivity index (χ0) is 19.5. The van der Waals surface area contributed by atoms with Crippen molar-refractivity contribution < 1.29 is 9.53 Å². The Morgan fingerprint density at radius 1 is 1.07 bits per heavy atom. The highest BCUT2D eigenvalue weighted by Crippen LogP contribution is 2.33. The van der Waals surface area contributed by atoms with Crippen molar-refractivity contribution in [3.63, 3.8) is 0 Å². The third-order valence-corrected chi connectivity index (χ3v) is 6.10. The van der Waals surface area contributed by atoms with Gasteiger partial charge in [0.05, 0.1) is 29.4 Å². The van der Waals surface area contributed by atoms with Crippen LogP contribution in [0.1, 0.15) is 15.9 Å². The number of hydrogen-bond donors (Lipinski definition) is 0. The second-order valence-electron chi connectivity index (χ2n) is 6.19. The molecule has 4 rings (SSSR count). The van der Waals surface area contributed by atoms with E-state index in [1.807, 2.05) is 72.8 Å². The normalized spacial score (nSPS) is 10.8. The predicted octanol–water partition coefficient (Wildman–Crippen LogP) is 5.91. The monoisotopic (exact) mass is 452 g/mol. The minimum absolute atomic E-state index is 0.0950. The van der Waals surface area contributed by atoms with E-state index in [2.05, 4.69) is 15.9 Å². The van der Waals surface area contributed by atoms with Gasteiger partial charge in [0.1, 0.15) is 5.75 Å². The Hall–Kier alpha value is -2.70. The fourth-order valence-electron chi connectivity index (χ4n) is 2.91. The maximum atomic E-state index is 13.4. The quantitative estimate of drug-likeness (QED) is 0.377. The Labute approximate surface area is 175 Å². The maximum absolute atomic E-state index is 13.4. The van der Waals surface area contributed by atoms with Gasteiger partial charge >= 0.3 is 0 Å². The molecule has 0 saturated heterocycles. The van der Waals surface area contributed by atoms with E-state index < -0.39 is 0 Å². The van der Waals surface area contributed by atoms with E-state index in [1.165, 1.54) is 11.3 Å². The van der Waals surface area contributed by atoms with Gasteiger partial charge in [-0.3, -0.25) is 9.69 Å². The van der Waals surface area contributed by atoms with Gasteiger partial charge in [0.2, 0.25) is 0 Å². The molecule has 0 aliphatic heterocycles. The highest BCUT2D eigenvalue weighted by molar-refractivity contribution is 9.10. The Morgan fingerprint density at radius 3 is 2.57 bits per heavy atom. The number of carbonyl (C=O) groups excluding carboxylic acids is 1. The molecule has 1 aromatic heterocycles. The summed E-state index contributed by atoms with van der Waals surface area (Å²) in [5, 5.41) is 0.660. The number of nitrogens with zero attached hydrogens (tertiary/aromatic N) is 2. The summed E-state index contributed by atoms with van der Waals surface area (Å²) in [5.74, 6) is 0.651. The summed E-state index contributed by atoms with van der Waals surface area (Å²) in [4.78, 5) is 19.9. The van der Waals surface area contributed by atoms with Gasteiger partial charge in [-0.05, 0) is 45.8 Å². The van der Waals surface area contributed by atoms with Crippen LogP contribution in [-0.4, -0.2) is 18.0 Å². The molecule has 28 heavy (non-hydrogen) atoms. The molecule has 0 saturated carbocycles. The Kier molecular flexibility index (Phi) is 5.41. The minimum Gasteiger partial charge on any atom is -0.497 e. The summed E-state index contributed by atoms with van der Waals surface area (Å²) < 4.78 is 7.07. The molecule has 1 amide bonds. The topological polar surface area (TPSA) is 42.4 Å². The number of ether oxygens (including phenoxy) is 1. The van der Waals surface area contributed by atoms with Crippen molar-refractivity contribution in [2.24, 2.45) is 0 Å². The van der Waals surface area contributed by atoms with Crippen LogP contribution in [0.25, 0.3) is 10.2 Å². The van der Waals surface area contributed by atoms with Crippen LogP contribution in [0.3, 0.4) is 0 Å². The molecular weight excluding hydrogens is 436 g/mol. The molecule has 4 aromatic rings. The van der Waals surface area contributed by atoms with Gasteiger partial charge in [0.25, 0.3) is 5.91 Å². The highest BCUT2D eigenvalue weighted by Gasteiger charge is 2.23. The Morgan fingerprint density at radius 2 is 1.82 bits per heavy atom. The van der Waals surface area contributed by atoms with E-state index in [1.54, 1.807) is 12.0 Å². The van der Waals surface area contributed by atoms with E-state index in [9.17, 15) is 4.79 Å². The van der Waals surface area contributed by atoms with Crippen LogP contribution in [-0.2, 0) is 6.54 Å². The summed E-state index contributed by atoms with van der Waals surface area (Å²) in [7, 11) is 1.63.